The first-order valence-corrected chi connectivity index (χ1v) is 6.10. The fourth-order valence-electron chi connectivity index (χ4n) is 2.24. The Labute approximate surface area is 103 Å². The van der Waals surface area contributed by atoms with E-state index in [2.05, 4.69) is 6.92 Å². The van der Waals surface area contributed by atoms with Gasteiger partial charge in [-0.25, -0.2) is 0 Å². The molecule has 0 bridgehead atoms. The molecule has 1 aliphatic rings. The second-order valence-electron chi connectivity index (χ2n) is 5.36. The summed E-state index contributed by atoms with van der Waals surface area (Å²) < 4.78 is 0. The number of aryl methyl sites for hydroxylation is 1. The fourth-order valence-corrected chi connectivity index (χ4v) is 2.24. The van der Waals surface area contributed by atoms with Crippen molar-refractivity contribution < 1.29 is 4.79 Å². The Kier molecular flexibility index (Phi) is 3.20. The zero-order valence-electron chi connectivity index (χ0n) is 10.6. The highest BCUT2D eigenvalue weighted by Crippen LogP contribution is 2.29. The maximum absolute atomic E-state index is 12.2. The molecule has 1 fully saturated rings. The molecule has 1 heterocycles. The van der Waals surface area contributed by atoms with Gasteiger partial charge in [0.1, 0.15) is 0 Å². The first-order chi connectivity index (χ1) is 8.04. The molecular formula is C14H20N2O. The van der Waals surface area contributed by atoms with Gasteiger partial charge < -0.3 is 10.6 Å². The third kappa shape index (κ3) is 2.50. The second kappa shape index (κ2) is 4.49. The highest BCUT2D eigenvalue weighted by Gasteiger charge is 2.34. The van der Waals surface area contributed by atoms with Crippen molar-refractivity contribution in [3.05, 3.63) is 35.4 Å². The molecule has 1 aromatic carbocycles. The molecule has 3 heteroatoms. The van der Waals surface area contributed by atoms with Crippen molar-refractivity contribution in [2.45, 2.75) is 20.3 Å². The van der Waals surface area contributed by atoms with Crippen LogP contribution in [0.3, 0.4) is 0 Å². The summed E-state index contributed by atoms with van der Waals surface area (Å²) in [6.45, 7) is 6.41. The van der Waals surface area contributed by atoms with E-state index in [1.807, 2.05) is 36.1 Å². The molecule has 0 aromatic heterocycles. The van der Waals surface area contributed by atoms with E-state index in [4.69, 9.17) is 5.73 Å². The molecule has 1 atom stereocenters. The van der Waals surface area contributed by atoms with Crippen molar-refractivity contribution in [3.63, 3.8) is 0 Å². The van der Waals surface area contributed by atoms with E-state index in [0.717, 1.165) is 25.1 Å². The molecule has 0 radical (unpaired) electrons. The topological polar surface area (TPSA) is 46.3 Å². The van der Waals surface area contributed by atoms with Crippen LogP contribution in [0.2, 0.25) is 0 Å². The molecule has 0 spiro atoms. The molecule has 1 aromatic rings. The average Bonchev–Trinajstić information content (AvgIpc) is 2.73. The van der Waals surface area contributed by atoms with Gasteiger partial charge in [-0.2, -0.15) is 0 Å². The van der Waals surface area contributed by atoms with Gasteiger partial charge in [0.15, 0.2) is 0 Å². The maximum atomic E-state index is 12.2. The van der Waals surface area contributed by atoms with Crippen LogP contribution in [0, 0.1) is 12.3 Å². The van der Waals surface area contributed by atoms with Gasteiger partial charge in [-0.3, -0.25) is 4.79 Å². The van der Waals surface area contributed by atoms with Gasteiger partial charge in [-0.1, -0.05) is 24.6 Å². The van der Waals surface area contributed by atoms with Crippen LogP contribution in [0.1, 0.15) is 29.3 Å². The monoisotopic (exact) mass is 232 g/mol. The van der Waals surface area contributed by atoms with Gasteiger partial charge in [-0.05, 0) is 37.4 Å². The van der Waals surface area contributed by atoms with Gasteiger partial charge in [0.05, 0.1) is 0 Å². The van der Waals surface area contributed by atoms with Crippen LogP contribution in [0.25, 0.3) is 0 Å². The number of carbonyl (C=O) groups is 1. The Morgan fingerprint density at radius 2 is 2.06 bits per heavy atom. The molecule has 0 saturated carbocycles. The SMILES string of the molecule is Cc1ccc(C(=O)N2CCC(C)(CN)C2)cc1. The highest BCUT2D eigenvalue weighted by atomic mass is 16.2. The summed E-state index contributed by atoms with van der Waals surface area (Å²) in [6, 6.07) is 7.75. The molecule has 3 nitrogen and oxygen atoms in total. The maximum Gasteiger partial charge on any atom is 0.253 e. The number of amides is 1. The van der Waals surface area contributed by atoms with E-state index >= 15 is 0 Å². The lowest BCUT2D eigenvalue weighted by Crippen LogP contribution is -2.34. The zero-order chi connectivity index (χ0) is 12.5. The lowest BCUT2D eigenvalue weighted by atomic mass is 9.90. The Hall–Kier alpha value is -1.35. The predicted octanol–water partition coefficient (Wildman–Crippen LogP) is 1.81. The third-order valence-corrected chi connectivity index (χ3v) is 3.64. The number of likely N-dealkylation sites (tertiary alicyclic amines) is 1. The molecule has 92 valence electrons. The lowest BCUT2D eigenvalue weighted by Gasteiger charge is -2.22. The molecule has 1 amide bonds. The van der Waals surface area contributed by atoms with Crippen molar-refractivity contribution in [1.29, 1.82) is 0 Å². The number of carbonyl (C=O) groups excluding carboxylic acids is 1. The minimum absolute atomic E-state index is 0.0976. The van der Waals surface area contributed by atoms with Crippen LogP contribution in [0.5, 0.6) is 0 Å². The molecule has 0 aliphatic carbocycles. The van der Waals surface area contributed by atoms with Crippen LogP contribution < -0.4 is 5.73 Å². The minimum Gasteiger partial charge on any atom is -0.338 e. The zero-order valence-corrected chi connectivity index (χ0v) is 10.6. The van der Waals surface area contributed by atoms with Crippen molar-refractivity contribution in [2.75, 3.05) is 19.6 Å². The number of rotatable bonds is 2. The van der Waals surface area contributed by atoms with Crippen molar-refractivity contribution in [1.82, 2.24) is 4.90 Å². The Morgan fingerprint density at radius 3 is 2.59 bits per heavy atom. The van der Waals surface area contributed by atoms with E-state index in [-0.39, 0.29) is 11.3 Å². The normalized spacial score (nSPS) is 24.1. The molecule has 2 N–H and O–H groups in total. The van der Waals surface area contributed by atoms with Crippen molar-refractivity contribution in [2.24, 2.45) is 11.1 Å². The van der Waals surface area contributed by atoms with E-state index in [1.54, 1.807) is 0 Å². The lowest BCUT2D eigenvalue weighted by molar-refractivity contribution is 0.0777. The molecule has 2 rings (SSSR count). The Bertz CT molecular complexity index is 413. The molecular weight excluding hydrogens is 212 g/mol. The van der Waals surface area contributed by atoms with Crippen LogP contribution >= 0.6 is 0 Å². The minimum atomic E-state index is 0.0976. The van der Waals surface area contributed by atoms with Gasteiger partial charge in [0.2, 0.25) is 0 Å². The van der Waals surface area contributed by atoms with Gasteiger partial charge in [0.25, 0.3) is 5.91 Å². The summed E-state index contributed by atoms with van der Waals surface area (Å²) in [6.07, 6.45) is 1.00. The number of nitrogens with zero attached hydrogens (tertiary/aromatic N) is 1. The van der Waals surface area contributed by atoms with Crippen LogP contribution in [0.15, 0.2) is 24.3 Å². The van der Waals surface area contributed by atoms with Crippen LogP contribution in [-0.4, -0.2) is 30.4 Å². The third-order valence-electron chi connectivity index (χ3n) is 3.64. The van der Waals surface area contributed by atoms with Gasteiger partial charge in [0, 0.05) is 18.7 Å². The first kappa shape index (κ1) is 12.1. The number of benzene rings is 1. The number of hydrogen-bond acceptors (Lipinski definition) is 2. The summed E-state index contributed by atoms with van der Waals surface area (Å²) in [7, 11) is 0. The quantitative estimate of drug-likeness (QED) is 0.845. The molecule has 17 heavy (non-hydrogen) atoms. The van der Waals surface area contributed by atoms with Crippen LogP contribution in [0.4, 0.5) is 0 Å². The van der Waals surface area contributed by atoms with E-state index in [1.165, 1.54) is 5.56 Å². The Morgan fingerprint density at radius 1 is 1.41 bits per heavy atom. The highest BCUT2D eigenvalue weighted by molar-refractivity contribution is 5.94. The summed E-state index contributed by atoms with van der Waals surface area (Å²) in [5.41, 5.74) is 7.80. The van der Waals surface area contributed by atoms with E-state index < -0.39 is 0 Å². The largest absolute Gasteiger partial charge is 0.338 e. The van der Waals surface area contributed by atoms with Crippen molar-refractivity contribution >= 4 is 5.91 Å². The summed E-state index contributed by atoms with van der Waals surface area (Å²) in [5, 5.41) is 0. The summed E-state index contributed by atoms with van der Waals surface area (Å²) >= 11 is 0. The fraction of sp³-hybridized carbons (Fsp3) is 0.500. The molecule has 1 saturated heterocycles. The first-order valence-electron chi connectivity index (χ1n) is 6.10. The predicted molar refractivity (Wildman–Crippen MR) is 68.9 cm³/mol. The van der Waals surface area contributed by atoms with Crippen molar-refractivity contribution in [3.8, 4) is 0 Å². The molecule has 1 unspecified atom stereocenters. The summed E-state index contributed by atoms with van der Waals surface area (Å²) in [5.74, 6) is 0.127. The summed E-state index contributed by atoms with van der Waals surface area (Å²) in [4.78, 5) is 14.2. The van der Waals surface area contributed by atoms with E-state index in [9.17, 15) is 4.79 Å². The molecule has 1 aliphatic heterocycles. The van der Waals surface area contributed by atoms with Gasteiger partial charge in [-0.15, -0.1) is 0 Å². The smallest absolute Gasteiger partial charge is 0.253 e. The second-order valence-corrected chi connectivity index (χ2v) is 5.36. The standard InChI is InChI=1S/C14H20N2O/c1-11-3-5-12(6-4-11)13(17)16-8-7-14(2,9-15)10-16/h3-6H,7-10,15H2,1-2H3. The Balaban J connectivity index is 2.09. The van der Waals surface area contributed by atoms with Gasteiger partial charge >= 0.3 is 0 Å². The number of hydrogen-bond donors (Lipinski definition) is 1. The number of nitrogens with two attached hydrogens (primary N) is 1. The van der Waals surface area contributed by atoms with Crippen LogP contribution in [-0.2, 0) is 0 Å². The van der Waals surface area contributed by atoms with E-state index in [0.29, 0.717) is 6.54 Å². The average molecular weight is 232 g/mol.